The molecule has 2 aliphatic heterocycles. The average Bonchev–Trinajstić information content (AvgIpc) is 3.41. The fraction of sp³-hybridized carbons (Fsp3) is 0.423. The summed E-state index contributed by atoms with van der Waals surface area (Å²) >= 11 is 0. The molecule has 5 rings (SSSR count). The molecule has 7 heteroatoms. The molecule has 33 heavy (non-hydrogen) atoms. The number of nitrogens with zero attached hydrogens (tertiary/aromatic N) is 2. The molecule has 0 spiro atoms. The Kier molecular flexibility index (Phi) is 5.15. The number of carbonyl (C=O) groups excluding carboxylic acids is 1. The molecule has 1 aliphatic carbocycles. The van der Waals surface area contributed by atoms with Crippen molar-refractivity contribution in [3.8, 4) is 11.5 Å². The molecule has 1 fully saturated rings. The van der Waals surface area contributed by atoms with E-state index in [1.807, 2.05) is 62.4 Å². The third kappa shape index (κ3) is 3.46. The SMILES string of the molecule is COc1ccc(C2=NO[C@@](C)([C@@H]3CC(=O)[C@@]4(C)C(c5ccc(OC)cc5)=NO[C@H]4C3)C2)cc1. The highest BCUT2D eigenvalue weighted by Crippen LogP contribution is 2.49. The minimum absolute atomic E-state index is 0.0204. The summed E-state index contributed by atoms with van der Waals surface area (Å²) in [6.45, 7) is 3.98. The van der Waals surface area contributed by atoms with E-state index in [-0.39, 0.29) is 17.8 Å². The Morgan fingerprint density at radius 3 is 2.12 bits per heavy atom. The van der Waals surface area contributed by atoms with Crippen LogP contribution >= 0.6 is 0 Å². The molecule has 2 aromatic carbocycles. The van der Waals surface area contributed by atoms with E-state index in [9.17, 15) is 4.79 Å². The van der Waals surface area contributed by atoms with E-state index in [1.54, 1.807) is 14.2 Å². The number of ketones is 1. The zero-order chi connectivity index (χ0) is 23.2. The fourth-order valence-electron chi connectivity index (χ4n) is 5.12. The van der Waals surface area contributed by atoms with Crippen molar-refractivity contribution in [2.75, 3.05) is 14.2 Å². The summed E-state index contributed by atoms with van der Waals surface area (Å²) in [7, 11) is 3.27. The molecule has 0 radical (unpaired) electrons. The van der Waals surface area contributed by atoms with Crippen LogP contribution in [0.25, 0.3) is 0 Å². The average molecular weight is 449 g/mol. The third-order valence-corrected chi connectivity index (χ3v) is 7.45. The molecule has 0 unspecified atom stereocenters. The number of fused-ring (bicyclic) bond motifs is 1. The van der Waals surface area contributed by atoms with Crippen LogP contribution < -0.4 is 9.47 Å². The van der Waals surface area contributed by atoms with Gasteiger partial charge in [0, 0.05) is 24.3 Å². The van der Waals surface area contributed by atoms with Crippen molar-refractivity contribution in [3.63, 3.8) is 0 Å². The van der Waals surface area contributed by atoms with Crippen molar-refractivity contribution >= 4 is 17.2 Å². The van der Waals surface area contributed by atoms with Crippen LogP contribution in [0, 0.1) is 11.3 Å². The lowest BCUT2D eigenvalue weighted by molar-refractivity contribution is -0.145. The molecule has 0 saturated heterocycles. The summed E-state index contributed by atoms with van der Waals surface area (Å²) in [5, 5.41) is 8.74. The maximum absolute atomic E-state index is 13.5. The second kappa shape index (κ2) is 7.90. The Hall–Kier alpha value is -3.35. The number of hydrogen-bond acceptors (Lipinski definition) is 7. The first-order chi connectivity index (χ1) is 15.9. The van der Waals surface area contributed by atoms with Gasteiger partial charge in [0.1, 0.15) is 40.1 Å². The second-order valence-electron chi connectivity index (χ2n) is 9.37. The number of benzene rings is 2. The quantitative estimate of drug-likeness (QED) is 0.679. The Morgan fingerprint density at radius 2 is 1.52 bits per heavy atom. The summed E-state index contributed by atoms with van der Waals surface area (Å²) in [5.41, 5.74) is 2.09. The molecule has 1 saturated carbocycles. The van der Waals surface area contributed by atoms with E-state index in [1.165, 1.54) is 0 Å². The van der Waals surface area contributed by atoms with E-state index in [2.05, 4.69) is 10.3 Å². The predicted molar refractivity (Wildman–Crippen MR) is 124 cm³/mol. The van der Waals surface area contributed by atoms with Gasteiger partial charge in [-0.05, 0) is 74.4 Å². The Morgan fingerprint density at radius 1 is 0.909 bits per heavy atom. The van der Waals surface area contributed by atoms with Crippen LogP contribution in [0.1, 0.15) is 44.2 Å². The highest BCUT2D eigenvalue weighted by atomic mass is 16.7. The molecule has 2 heterocycles. The van der Waals surface area contributed by atoms with Crippen LogP contribution in [0.5, 0.6) is 11.5 Å². The standard InChI is InChI=1S/C26H28N2O5/c1-25(15-21(27-33-25)16-5-9-19(30-3)10-6-16)18-13-22(29)26(2)23(14-18)32-28-24(26)17-7-11-20(31-4)12-8-17/h5-12,18,23H,13-15H2,1-4H3/t18-,23+,25-,26-/m1/s1. The van der Waals surface area contributed by atoms with Gasteiger partial charge in [-0.15, -0.1) is 0 Å². The van der Waals surface area contributed by atoms with Gasteiger partial charge in [0.2, 0.25) is 0 Å². The number of carbonyl (C=O) groups is 1. The Labute approximate surface area is 193 Å². The Bertz CT molecular complexity index is 1120. The van der Waals surface area contributed by atoms with Crippen molar-refractivity contribution in [3.05, 3.63) is 59.7 Å². The molecule has 3 aliphatic rings. The zero-order valence-electron chi connectivity index (χ0n) is 19.3. The first-order valence-corrected chi connectivity index (χ1v) is 11.2. The van der Waals surface area contributed by atoms with Gasteiger partial charge in [-0.1, -0.05) is 10.3 Å². The summed E-state index contributed by atoms with van der Waals surface area (Å²) in [4.78, 5) is 25.4. The number of Topliss-reactive ketones (excluding diaryl/α,β-unsaturated/α-hetero) is 1. The van der Waals surface area contributed by atoms with Crippen LogP contribution in [-0.4, -0.2) is 43.1 Å². The molecular weight excluding hydrogens is 420 g/mol. The molecule has 0 aromatic heterocycles. The predicted octanol–water partition coefficient (Wildman–Crippen LogP) is 4.38. The highest BCUT2D eigenvalue weighted by molar-refractivity contribution is 6.18. The van der Waals surface area contributed by atoms with Crippen LogP contribution in [0.3, 0.4) is 0 Å². The highest BCUT2D eigenvalue weighted by Gasteiger charge is 2.59. The number of rotatable bonds is 5. The van der Waals surface area contributed by atoms with Gasteiger partial charge in [0.05, 0.1) is 19.9 Å². The number of oxime groups is 2. The van der Waals surface area contributed by atoms with Crippen molar-refractivity contribution in [2.45, 2.75) is 44.8 Å². The molecule has 2 aromatic rings. The lowest BCUT2D eigenvalue weighted by Crippen LogP contribution is -2.53. The maximum atomic E-state index is 13.5. The third-order valence-electron chi connectivity index (χ3n) is 7.45. The van der Waals surface area contributed by atoms with Gasteiger partial charge in [0.25, 0.3) is 0 Å². The molecule has 0 amide bonds. The summed E-state index contributed by atoms with van der Waals surface area (Å²) in [6, 6.07) is 15.4. The van der Waals surface area contributed by atoms with Crippen molar-refractivity contribution in [1.29, 1.82) is 0 Å². The van der Waals surface area contributed by atoms with Crippen LogP contribution in [-0.2, 0) is 14.5 Å². The number of methoxy groups -OCH3 is 2. The van der Waals surface area contributed by atoms with Gasteiger partial charge >= 0.3 is 0 Å². The molecular formula is C26H28N2O5. The minimum atomic E-state index is -0.778. The zero-order valence-corrected chi connectivity index (χ0v) is 19.3. The monoisotopic (exact) mass is 448 g/mol. The van der Waals surface area contributed by atoms with E-state index in [4.69, 9.17) is 19.1 Å². The van der Waals surface area contributed by atoms with Crippen molar-refractivity contribution < 1.29 is 23.9 Å². The van der Waals surface area contributed by atoms with E-state index >= 15 is 0 Å². The molecule has 172 valence electrons. The van der Waals surface area contributed by atoms with Gasteiger partial charge < -0.3 is 19.1 Å². The van der Waals surface area contributed by atoms with Crippen LogP contribution in [0.2, 0.25) is 0 Å². The van der Waals surface area contributed by atoms with E-state index in [0.29, 0.717) is 25.0 Å². The summed E-state index contributed by atoms with van der Waals surface area (Å²) in [6.07, 6.45) is 1.37. The lowest BCUT2D eigenvalue weighted by atomic mass is 9.62. The van der Waals surface area contributed by atoms with Crippen LogP contribution in [0.15, 0.2) is 58.8 Å². The largest absolute Gasteiger partial charge is 0.497 e. The first kappa shape index (κ1) is 21.5. The number of ether oxygens (including phenoxy) is 2. The fourth-order valence-corrected chi connectivity index (χ4v) is 5.12. The van der Waals surface area contributed by atoms with Crippen molar-refractivity contribution in [2.24, 2.45) is 21.6 Å². The topological polar surface area (TPSA) is 78.7 Å². The van der Waals surface area contributed by atoms with Crippen LogP contribution in [0.4, 0.5) is 0 Å². The maximum Gasteiger partial charge on any atom is 0.149 e. The minimum Gasteiger partial charge on any atom is -0.497 e. The smallest absolute Gasteiger partial charge is 0.149 e. The summed E-state index contributed by atoms with van der Waals surface area (Å²) in [5.74, 6) is 1.66. The Balaban J connectivity index is 1.32. The second-order valence-corrected chi connectivity index (χ2v) is 9.37. The number of hydrogen-bond donors (Lipinski definition) is 0. The molecule has 7 nitrogen and oxygen atoms in total. The normalized spacial score (nSPS) is 30.6. The molecule has 0 N–H and O–H groups in total. The van der Waals surface area contributed by atoms with Crippen molar-refractivity contribution in [1.82, 2.24) is 0 Å². The molecule has 4 atom stereocenters. The van der Waals surface area contributed by atoms with Gasteiger partial charge in [-0.2, -0.15) is 0 Å². The van der Waals surface area contributed by atoms with E-state index < -0.39 is 11.0 Å². The lowest BCUT2D eigenvalue weighted by Gasteiger charge is -2.41. The summed E-state index contributed by atoms with van der Waals surface area (Å²) < 4.78 is 10.5. The van der Waals surface area contributed by atoms with Gasteiger partial charge in [-0.25, -0.2) is 0 Å². The first-order valence-electron chi connectivity index (χ1n) is 11.2. The molecule has 0 bridgehead atoms. The van der Waals surface area contributed by atoms with Gasteiger partial charge in [-0.3, -0.25) is 4.79 Å². The van der Waals surface area contributed by atoms with E-state index in [0.717, 1.165) is 28.3 Å². The van der Waals surface area contributed by atoms with Gasteiger partial charge in [0.15, 0.2) is 0 Å².